The van der Waals surface area contributed by atoms with Crippen molar-refractivity contribution >= 4 is 17.6 Å². The SMILES string of the molecule is Cc1c(F)cc(C(N)C(=O)O)c(C)c1Cl. The Morgan fingerprint density at radius 1 is 1.53 bits per heavy atom. The molecule has 0 aliphatic carbocycles. The van der Waals surface area contributed by atoms with E-state index in [4.69, 9.17) is 22.4 Å². The highest BCUT2D eigenvalue weighted by atomic mass is 35.5. The number of hydrogen-bond donors (Lipinski definition) is 2. The smallest absolute Gasteiger partial charge is 0.325 e. The second-order valence-electron chi connectivity index (χ2n) is 3.33. The molecule has 5 heteroatoms. The van der Waals surface area contributed by atoms with Crippen LogP contribution in [0.5, 0.6) is 0 Å². The highest BCUT2D eigenvalue weighted by molar-refractivity contribution is 6.32. The minimum absolute atomic E-state index is 0.204. The van der Waals surface area contributed by atoms with Crippen LogP contribution in [0.15, 0.2) is 6.07 Å². The zero-order valence-electron chi connectivity index (χ0n) is 8.34. The van der Waals surface area contributed by atoms with Gasteiger partial charge in [-0.05, 0) is 31.0 Å². The average molecular weight is 232 g/mol. The number of hydrogen-bond acceptors (Lipinski definition) is 2. The van der Waals surface area contributed by atoms with Gasteiger partial charge in [-0.15, -0.1) is 0 Å². The van der Waals surface area contributed by atoms with Gasteiger partial charge in [0.05, 0.1) is 0 Å². The van der Waals surface area contributed by atoms with Crippen LogP contribution in [0.2, 0.25) is 5.02 Å². The van der Waals surface area contributed by atoms with Crippen LogP contribution in [0, 0.1) is 19.7 Å². The van der Waals surface area contributed by atoms with Gasteiger partial charge in [-0.1, -0.05) is 11.6 Å². The molecule has 1 aromatic carbocycles. The van der Waals surface area contributed by atoms with Gasteiger partial charge in [-0.25, -0.2) is 4.39 Å². The summed E-state index contributed by atoms with van der Waals surface area (Å²) in [5.74, 6) is -1.75. The number of nitrogens with two attached hydrogens (primary N) is 1. The van der Waals surface area contributed by atoms with Crippen LogP contribution in [-0.4, -0.2) is 11.1 Å². The highest BCUT2D eigenvalue weighted by Crippen LogP contribution is 2.28. The number of carbonyl (C=O) groups is 1. The molecule has 3 N–H and O–H groups in total. The van der Waals surface area contributed by atoms with Gasteiger partial charge in [0, 0.05) is 10.6 Å². The van der Waals surface area contributed by atoms with Crippen molar-refractivity contribution in [3.8, 4) is 0 Å². The first-order chi connectivity index (χ1) is 6.86. The topological polar surface area (TPSA) is 63.3 Å². The molecule has 0 saturated carbocycles. The third kappa shape index (κ3) is 2.11. The van der Waals surface area contributed by atoms with Crippen LogP contribution in [0.1, 0.15) is 22.7 Å². The summed E-state index contributed by atoms with van der Waals surface area (Å²) in [5, 5.41) is 8.94. The van der Waals surface area contributed by atoms with E-state index in [-0.39, 0.29) is 10.6 Å². The van der Waals surface area contributed by atoms with Crippen LogP contribution < -0.4 is 5.73 Å². The van der Waals surface area contributed by atoms with E-state index in [1.807, 2.05) is 0 Å². The number of carboxylic acid groups (broad SMARTS) is 1. The Morgan fingerprint density at radius 3 is 2.53 bits per heavy atom. The van der Waals surface area contributed by atoms with Crippen molar-refractivity contribution in [1.82, 2.24) is 0 Å². The van der Waals surface area contributed by atoms with E-state index in [1.54, 1.807) is 6.92 Å². The lowest BCUT2D eigenvalue weighted by Crippen LogP contribution is -2.22. The second-order valence-corrected chi connectivity index (χ2v) is 3.71. The molecule has 1 rings (SSSR count). The van der Waals surface area contributed by atoms with Gasteiger partial charge in [0.15, 0.2) is 0 Å². The molecule has 1 unspecified atom stereocenters. The lowest BCUT2D eigenvalue weighted by atomic mass is 9.99. The van der Waals surface area contributed by atoms with E-state index < -0.39 is 17.8 Å². The van der Waals surface area contributed by atoms with Crippen molar-refractivity contribution in [3.05, 3.63) is 33.6 Å². The molecular weight excluding hydrogens is 221 g/mol. The van der Waals surface area contributed by atoms with E-state index in [9.17, 15) is 9.18 Å². The fourth-order valence-electron chi connectivity index (χ4n) is 1.32. The normalized spacial score (nSPS) is 12.6. The Labute approximate surface area is 91.7 Å². The number of carboxylic acids is 1. The molecule has 0 aliphatic heterocycles. The predicted molar refractivity (Wildman–Crippen MR) is 55.4 cm³/mol. The first-order valence-corrected chi connectivity index (χ1v) is 4.67. The molecule has 3 nitrogen and oxygen atoms in total. The van der Waals surface area contributed by atoms with E-state index >= 15 is 0 Å². The van der Waals surface area contributed by atoms with E-state index in [2.05, 4.69) is 0 Å². The number of halogens is 2. The van der Waals surface area contributed by atoms with Crippen LogP contribution >= 0.6 is 11.6 Å². The van der Waals surface area contributed by atoms with E-state index in [0.717, 1.165) is 6.07 Å². The summed E-state index contributed by atoms with van der Waals surface area (Å²) in [6.45, 7) is 3.15. The Morgan fingerprint density at radius 2 is 2.07 bits per heavy atom. The molecule has 0 bridgehead atoms. The van der Waals surface area contributed by atoms with E-state index in [0.29, 0.717) is 11.1 Å². The molecule has 1 atom stereocenters. The van der Waals surface area contributed by atoms with E-state index in [1.165, 1.54) is 6.92 Å². The van der Waals surface area contributed by atoms with Crippen molar-refractivity contribution in [3.63, 3.8) is 0 Å². The summed E-state index contributed by atoms with van der Waals surface area (Å²) in [4.78, 5) is 10.7. The summed E-state index contributed by atoms with van der Waals surface area (Å²) >= 11 is 5.85. The van der Waals surface area contributed by atoms with Crippen LogP contribution in [-0.2, 0) is 4.79 Å². The van der Waals surface area contributed by atoms with Crippen molar-refractivity contribution in [2.24, 2.45) is 5.73 Å². The Hall–Kier alpha value is -1.13. The summed E-state index contributed by atoms with van der Waals surface area (Å²) in [5.41, 5.74) is 6.41. The number of aliphatic carboxylic acids is 1. The van der Waals surface area contributed by atoms with Crippen molar-refractivity contribution < 1.29 is 14.3 Å². The molecule has 82 valence electrons. The lowest BCUT2D eigenvalue weighted by Gasteiger charge is -2.13. The largest absolute Gasteiger partial charge is 0.480 e. The van der Waals surface area contributed by atoms with Crippen LogP contribution in [0.25, 0.3) is 0 Å². The van der Waals surface area contributed by atoms with Gasteiger partial charge in [0.2, 0.25) is 0 Å². The predicted octanol–water partition coefficient (Wildman–Crippen LogP) is 2.18. The third-order valence-electron chi connectivity index (χ3n) is 2.33. The molecule has 0 fully saturated rings. The summed E-state index contributed by atoms with van der Waals surface area (Å²) < 4.78 is 13.3. The maximum Gasteiger partial charge on any atom is 0.325 e. The standard InChI is InChI=1S/C10H11ClFNO2/c1-4-6(9(13)10(14)15)3-7(12)5(2)8(4)11/h3,9H,13H2,1-2H3,(H,14,15). The summed E-state index contributed by atoms with van der Waals surface area (Å²) in [7, 11) is 0. The number of rotatable bonds is 2. The zero-order valence-corrected chi connectivity index (χ0v) is 9.10. The van der Waals surface area contributed by atoms with Gasteiger partial charge >= 0.3 is 5.97 Å². The van der Waals surface area contributed by atoms with Gasteiger partial charge in [0.1, 0.15) is 11.9 Å². The minimum Gasteiger partial charge on any atom is -0.480 e. The molecule has 0 aliphatic rings. The molecule has 0 radical (unpaired) electrons. The molecular formula is C10H11ClFNO2. The molecule has 0 amide bonds. The quantitative estimate of drug-likeness (QED) is 0.820. The summed E-state index contributed by atoms with van der Waals surface area (Å²) in [6, 6.07) is -0.132. The summed E-state index contributed by atoms with van der Waals surface area (Å²) in [6.07, 6.45) is 0. The average Bonchev–Trinajstić information content (AvgIpc) is 2.19. The van der Waals surface area contributed by atoms with Gasteiger partial charge in [-0.3, -0.25) is 4.79 Å². The molecule has 15 heavy (non-hydrogen) atoms. The maximum absolute atomic E-state index is 13.3. The van der Waals surface area contributed by atoms with Crippen LogP contribution in [0.4, 0.5) is 4.39 Å². The molecule has 0 aromatic heterocycles. The minimum atomic E-state index is -1.25. The van der Waals surface area contributed by atoms with Crippen molar-refractivity contribution in [2.75, 3.05) is 0 Å². The molecule has 0 spiro atoms. The Balaban J connectivity index is 3.38. The first-order valence-electron chi connectivity index (χ1n) is 4.29. The molecule has 0 heterocycles. The Bertz CT molecular complexity index is 420. The third-order valence-corrected chi connectivity index (χ3v) is 2.90. The fourth-order valence-corrected chi connectivity index (χ4v) is 1.52. The second kappa shape index (κ2) is 4.16. The monoisotopic (exact) mass is 231 g/mol. The lowest BCUT2D eigenvalue weighted by molar-refractivity contribution is -0.138. The van der Waals surface area contributed by atoms with Crippen molar-refractivity contribution in [2.45, 2.75) is 19.9 Å². The zero-order chi connectivity index (χ0) is 11.7. The van der Waals surface area contributed by atoms with Gasteiger partial charge < -0.3 is 10.8 Å². The van der Waals surface area contributed by atoms with Gasteiger partial charge in [0.25, 0.3) is 0 Å². The fraction of sp³-hybridized carbons (Fsp3) is 0.300. The highest BCUT2D eigenvalue weighted by Gasteiger charge is 2.20. The maximum atomic E-state index is 13.3. The molecule has 1 aromatic rings. The van der Waals surface area contributed by atoms with Crippen molar-refractivity contribution in [1.29, 1.82) is 0 Å². The number of benzene rings is 1. The van der Waals surface area contributed by atoms with Gasteiger partial charge in [-0.2, -0.15) is 0 Å². The van der Waals surface area contributed by atoms with Crippen LogP contribution in [0.3, 0.4) is 0 Å². The molecule has 0 saturated heterocycles. The Kier molecular flexibility index (Phi) is 3.31. The first kappa shape index (κ1) is 11.9.